The highest BCUT2D eigenvalue weighted by Crippen LogP contribution is 2.06. The van der Waals surface area contributed by atoms with Gasteiger partial charge in [0.25, 0.3) is 11.5 Å². The Morgan fingerprint density at radius 2 is 1.93 bits per heavy atom. The van der Waals surface area contributed by atoms with Crippen LogP contribution in [0.3, 0.4) is 0 Å². The van der Waals surface area contributed by atoms with Gasteiger partial charge in [-0.3, -0.25) is 14.0 Å². The van der Waals surface area contributed by atoms with E-state index in [1.54, 1.807) is 37.4 Å². The number of hydrogen-bond acceptors (Lipinski definition) is 5. The van der Waals surface area contributed by atoms with Crippen molar-refractivity contribution in [3.8, 4) is 0 Å². The van der Waals surface area contributed by atoms with E-state index in [0.717, 1.165) is 11.1 Å². The summed E-state index contributed by atoms with van der Waals surface area (Å²) in [4.78, 5) is 40.9. The van der Waals surface area contributed by atoms with E-state index in [2.05, 4.69) is 10.3 Å². The molecule has 7 heteroatoms. The van der Waals surface area contributed by atoms with Crippen LogP contribution in [0.25, 0.3) is 5.65 Å². The largest absolute Gasteiger partial charge is 0.458 e. The number of ether oxygens (including phenoxy) is 1. The Bertz CT molecular complexity index is 1100. The minimum Gasteiger partial charge on any atom is -0.458 e. The first-order valence-corrected chi connectivity index (χ1v) is 8.86. The summed E-state index contributed by atoms with van der Waals surface area (Å²) in [6, 6.07) is 11.1. The highest BCUT2D eigenvalue weighted by molar-refractivity contribution is 5.96. The lowest BCUT2D eigenvalue weighted by Gasteiger charge is -2.13. The minimum absolute atomic E-state index is 0.150. The zero-order valence-electron chi connectivity index (χ0n) is 15.9. The van der Waals surface area contributed by atoms with Crippen molar-refractivity contribution in [1.29, 1.82) is 0 Å². The summed E-state index contributed by atoms with van der Waals surface area (Å²) < 4.78 is 6.65. The second-order valence-electron chi connectivity index (χ2n) is 6.69. The molecule has 144 valence electrons. The normalized spacial score (nSPS) is 11.8. The maximum atomic E-state index is 12.2. The van der Waals surface area contributed by atoms with Gasteiger partial charge in [0.05, 0.1) is 5.69 Å². The number of aryl methyl sites for hydroxylation is 2. The van der Waals surface area contributed by atoms with Gasteiger partial charge < -0.3 is 10.1 Å². The molecule has 0 spiro atoms. The third kappa shape index (κ3) is 4.43. The Balaban J connectivity index is 1.63. The fourth-order valence-corrected chi connectivity index (χ4v) is 2.73. The fraction of sp³-hybridized carbons (Fsp3) is 0.238. The molecule has 0 unspecified atom stereocenters. The molecule has 0 aliphatic carbocycles. The first-order chi connectivity index (χ1) is 13.3. The van der Waals surface area contributed by atoms with E-state index >= 15 is 0 Å². The van der Waals surface area contributed by atoms with Gasteiger partial charge in [0.2, 0.25) is 0 Å². The van der Waals surface area contributed by atoms with Gasteiger partial charge in [0.1, 0.15) is 18.3 Å². The van der Waals surface area contributed by atoms with E-state index in [9.17, 15) is 14.4 Å². The van der Waals surface area contributed by atoms with Gasteiger partial charge in [-0.1, -0.05) is 23.8 Å². The first-order valence-electron chi connectivity index (χ1n) is 8.86. The van der Waals surface area contributed by atoms with Crippen molar-refractivity contribution in [3.05, 3.63) is 81.4 Å². The molecule has 1 N–H and O–H groups in total. The molecule has 0 fully saturated rings. The van der Waals surface area contributed by atoms with Gasteiger partial charge in [0.15, 0.2) is 0 Å². The maximum Gasteiger partial charge on any atom is 0.328 e. The van der Waals surface area contributed by atoms with Crippen molar-refractivity contribution in [1.82, 2.24) is 14.7 Å². The second-order valence-corrected chi connectivity index (χ2v) is 6.69. The summed E-state index contributed by atoms with van der Waals surface area (Å²) >= 11 is 0. The van der Waals surface area contributed by atoms with Crippen LogP contribution in [0.4, 0.5) is 0 Å². The average molecular weight is 379 g/mol. The zero-order valence-corrected chi connectivity index (χ0v) is 15.9. The van der Waals surface area contributed by atoms with Crippen molar-refractivity contribution in [2.45, 2.75) is 33.4 Å². The summed E-state index contributed by atoms with van der Waals surface area (Å²) in [5, 5.41) is 2.61. The molecule has 0 radical (unpaired) electrons. The van der Waals surface area contributed by atoms with E-state index in [1.807, 2.05) is 26.0 Å². The molecular formula is C21H21N3O4. The molecule has 7 nitrogen and oxygen atoms in total. The summed E-state index contributed by atoms with van der Waals surface area (Å²) in [6.07, 6.45) is 1.70. The Labute approximate surface area is 162 Å². The number of hydrogen-bond donors (Lipinski definition) is 1. The first kappa shape index (κ1) is 19.3. The number of nitrogens with zero attached hydrogens (tertiary/aromatic N) is 2. The van der Waals surface area contributed by atoms with E-state index < -0.39 is 12.0 Å². The quantitative estimate of drug-likeness (QED) is 0.686. The fourth-order valence-electron chi connectivity index (χ4n) is 2.73. The van der Waals surface area contributed by atoms with Crippen LogP contribution in [-0.2, 0) is 16.1 Å². The van der Waals surface area contributed by atoms with Gasteiger partial charge in [-0.15, -0.1) is 0 Å². The van der Waals surface area contributed by atoms with Crippen LogP contribution in [-0.4, -0.2) is 27.3 Å². The topological polar surface area (TPSA) is 89.8 Å². The van der Waals surface area contributed by atoms with E-state index in [0.29, 0.717) is 16.9 Å². The average Bonchev–Trinajstić information content (AvgIpc) is 2.66. The molecule has 2 heterocycles. The van der Waals surface area contributed by atoms with Crippen LogP contribution in [0.1, 0.15) is 34.1 Å². The van der Waals surface area contributed by atoms with Crippen molar-refractivity contribution in [3.63, 3.8) is 0 Å². The zero-order chi connectivity index (χ0) is 20.3. The molecule has 28 heavy (non-hydrogen) atoms. The molecule has 1 atom stereocenters. The molecule has 0 saturated heterocycles. The number of carbonyl (C=O) groups is 2. The smallest absolute Gasteiger partial charge is 0.328 e. The molecule has 3 aromatic rings. The van der Waals surface area contributed by atoms with Crippen LogP contribution in [0, 0.1) is 13.8 Å². The van der Waals surface area contributed by atoms with Gasteiger partial charge in [-0.25, -0.2) is 9.78 Å². The minimum atomic E-state index is -0.836. The van der Waals surface area contributed by atoms with Gasteiger partial charge in [-0.05, 0) is 44.5 Å². The third-order valence-electron chi connectivity index (χ3n) is 4.20. The number of pyridine rings is 1. The van der Waals surface area contributed by atoms with E-state index in [1.165, 1.54) is 10.5 Å². The van der Waals surface area contributed by atoms with Crippen molar-refractivity contribution >= 4 is 17.5 Å². The standard InChI is InChI=1S/C21H21N3O4/c1-13-5-4-6-16(9-13)20(26)22-15(3)21(27)28-12-17-10-19(25)24-11-14(2)7-8-18(24)23-17/h4-11,15H,12H2,1-3H3,(H,22,26)/t15-/m0/s1. The monoisotopic (exact) mass is 379 g/mol. The molecule has 2 aromatic heterocycles. The molecule has 0 bridgehead atoms. The molecule has 1 aromatic carbocycles. The predicted molar refractivity (Wildman–Crippen MR) is 104 cm³/mol. The van der Waals surface area contributed by atoms with Gasteiger partial charge in [0, 0.05) is 17.8 Å². The predicted octanol–water partition coefficient (Wildman–Crippen LogP) is 2.17. The molecule has 0 saturated carbocycles. The number of carbonyl (C=O) groups excluding carboxylic acids is 2. The third-order valence-corrected chi connectivity index (χ3v) is 4.20. The Kier molecular flexibility index (Phi) is 5.54. The Morgan fingerprint density at radius 3 is 2.68 bits per heavy atom. The molecule has 3 rings (SSSR count). The summed E-state index contributed by atoms with van der Waals surface area (Å²) in [6.45, 7) is 5.16. The van der Waals surface area contributed by atoms with E-state index in [4.69, 9.17) is 4.74 Å². The number of rotatable bonds is 5. The Hall–Kier alpha value is -3.48. The lowest BCUT2D eigenvalue weighted by molar-refractivity contribution is -0.146. The highest BCUT2D eigenvalue weighted by Gasteiger charge is 2.18. The molecule has 0 aliphatic rings. The van der Waals surface area contributed by atoms with Gasteiger partial charge in [-0.2, -0.15) is 0 Å². The van der Waals surface area contributed by atoms with Crippen molar-refractivity contribution in [2.75, 3.05) is 0 Å². The maximum absolute atomic E-state index is 12.2. The highest BCUT2D eigenvalue weighted by atomic mass is 16.5. The van der Waals surface area contributed by atoms with E-state index in [-0.39, 0.29) is 18.1 Å². The number of fused-ring (bicyclic) bond motifs is 1. The lowest BCUT2D eigenvalue weighted by Crippen LogP contribution is -2.39. The number of benzene rings is 1. The molecular weight excluding hydrogens is 358 g/mol. The number of aromatic nitrogens is 2. The number of nitrogens with one attached hydrogen (secondary N) is 1. The number of esters is 1. The van der Waals surface area contributed by atoms with Crippen LogP contribution in [0.5, 0.6) is 0 Å². The van der Waals surface area contributed by atoms with Crippen molar-refractivity contribution < 1.29 is 14.3 Å². The Morgan fingerprint density at radius 1 is 1.14 bits per heavy atom. The van der Waals surface area contributed by atoms with Crippen LogP contribution in [0.15, 0.2) is 53.5 Å². The molecule has 1 amide bonds. The SMILES string of the molecule is Cc1cccc(C(=O)N[C@@H](C)C(=O)OCc2cc(=O)n3cc(C)ccc3n2)c1. The second kappa shape index (κ2) is 8.04. The van der Waals surface area contributed by atoms with Crippen LogP contribution >= 0.6 is 0 Å². The lowest BCUT2D eigenvalue weighted by atomic mass is 10.1. The summed E-state index contributed by atoms with van der Waals surface area (Å²) in [5.41, 5.74) is 2.93. The molecule has 0 aliphatic heterocycles. The van der Waals surface area contributed by atoms with Crippen LogP contribution in [0.2, 0.25) is 0 Å². The van der Waals surface area contributed by atoms with Crippen LogP contribution < -0.4 is 10.9 Å². The summed E-state index contributed by atoms with van der Waals surface area (Å²) in [5.74, 6) is -0.961. The number of amides is 1. The summed E-state index contributed by atoms with van der Waals surface area (Å²) in [7, 11) is 0. The van der Waals surface area contributed by atoms with Gasteiger partial charge >= 0.3 is 5.97 Å². The van der Waals surface area contributed by atoms with Crippen molar-refractivity contribution in [2.24, 2.45) is 0 Å².